The molecule has 26 heavy (non-hydrogen) atoms. The van der Waals surface area contributed by atoms with Crippen molar-refractivity contribution in [3.63, 3.8) is 0 Å². The highest BCUT2D eigenvalue weighted by molar-refractivity contribution is 5.72. The first-order chi connectivity index (χ1) is 12.6. The smallest absolute Gasteiger partial charge is 0.308 e. The molecule has 1 aliphatic heterocycles. The summed E-state index contributed by atoms with van der Waals surface area (Å²) in [5.74, 6) is -0.279. The Morgan fingerprint density at radius 3 is 2.58 bits per heavy atom. The molecular formula is C21H25NO4. The monoisotopic (exact) mass is 355 g/mol. The SMILES string of the molecule is COCc1cc(CN2CC(C(=O)O)C(c3ccccc3)C2)ccc1OC. The Kier molecular flexibility index (Phi) is 5.91. The third kappa shape index (κ3) is 4.06. The Bertz CT molecular complexity index is 747. The molecule has 1 heterocycles. The van der Waals surface area contributed by atoms with Gasteiger partial charge in [-0.1, -0.05) is 36.4 Å². The van der Waals surface area contributed by atoms with Crippen LogP contribution in [0.5, 0.6) is 5.75 Å². The number of aliphatic carboxylic acids is 1. The molecular weight excluding hydrogens is 330 g/mol. The lowest BCUT2D eigenvalue weighted by atomic mass is 9.89. The average Bonchev–Trinajstić information content (AvgIpc) is 3.07. The summed E-state index contributed by atoms with van der Waals surface area (Å²) < 4.78 is 10.6. The first kappa shape index (κ1) is 18.4. The van der Waals surface area contributed by atoms with Crippen LogP contribution in [-0.2, 0) is 22.7 Å². The van der Waals surface area contributed by atoms with E-state index in [0.717, 1.165) is 29.0 Å². The molecule has 2 aromatic rings. The number of hydrogen-bond acceptors (Lipinski definition) is 4. The van der Waals surface area contributed by atoms with Gasteiger partial charge in [0, 0.05) is 38.2 Å². The molecule has 0 saturated carbocycles. The number of hydrogen-bond donors (Lipinski definition) is 1. The molecule has 1 saturated heterocycles. The van der Waals surface area contributed by atoms with E-state index in [1.165, 1.54) is 0 Å². The van der Waals surface area contributed by atoms with Crippen molar-refractivity contribution in [1.82, 2.24) is 4.90 Å². The van der Waals surface area contributed by atoms with Crippen molar-refractivity contribution in [2.45, 2.75) is 19.1 Å². The number of carbonyl (C=O) groups is 1. The van der Waals surface area contributed by atoms with Crippen LogP contribution in [0.15, 0.2) is 48.5 Å². The van der Waals surface area contributed by atoms with Crippen LogP contribution in [0.4, 0.5) is 0 Å². The summed E-state index contributed by atoms with van der Waals surface area (Å²) in [6.07, 6.45) is 0. The summed E-state index contributed by atoms with van der Waals surface area (Å²) in [5, 5.41) is 9.65. The van der Waals surface area contributed by atoms with E-state index in [2.05, 4.69) is 11.0 Å². The van der Waals surface area contributed by atoms with Gasteiger partial charge in [0.05, 0.1) is 19.6 Å². The molecule has 1 aliphatic rings. The fourth-order valence-corrected chi connectivity index (χ4v) is 3.76. The van der Waals surface area contributed by atoms with Crippen molar-refractivity contribution < 1.29 is 19.4 Å². The van der Waals surface area contributed by atoms with E-state index in [4.69, 9.17) is 9.47 Å². The lowest BCUT2D eigenvalue weighted by Gasteiger charge is -2.17. The van der Waals surface area contributed by atoms with E-state index in [9.17, 15) is 9.90 Å². The van der Waals surface area contributed by atoms with E-state index in [0.29, 0.717) is 19.7 Å². The number of rotatable bonds is 7. The second kappa shape index (κ2) is 8.34. The van der Waals surface area contributed by atoms with Crippen LogP contribution in [0, 0.1) is 5.92 Å². The molecule has 2 atom stereocenters. The second-order valence-corrected chi connectivity index (χ2v) is 6.74. The van der Waals surface area contributed by atoms with Crippen LogP contribution in [0.1, 0.15) is 22.6 Å². The maximum absolute atomic E-state index is 11.7. The molecule has 3 rings (SSSR count). The summed E-state index contributed by atoms with van der Waals surface area (Å²) in [7, 11) is 3.31. The van der Waals surface area contributed by atoms with Gasteiger partial charge >= 0.3 is 5.97 Å². The normalized spacial score (nSPS) is 20.2. The maximum Gasteiger partial charge on any atom is 0.308 e. The van der Waals surface area contributed by atoms with Crippen molar-refractivity contribution in [2.75, 3.05) is 27.3 Å². The first-order valence-corrected chi connectivity index (χ1v) is 8.77. The zero-order chi connectivity index (χ0) is 18.5. The largest absolute Gasteiger partial charge is 0.496 e. The van der Waals surface area contributed by atoms with Crippen LogP contribution in [0.2, 0.25) is 0 Å². The van der Waals surface area contributed by atoms with Gasteiger partial charge in [-0.05, 0) is 23.3 Å². The summed E-state index contributed by atoms with van der Waals surface area (Å²) >= 11 is 0. The maximum atomic E-state index is 11.7. The Hall–Kier alpha value is -2.37. The zero-order valence-electron chi connectivity index (χ0n) is 15.2. The number of nitrogens with zero attached hydrogens (tertiary/aromatic N) is 1. The molecule has 0 radical (unpaired) electrons. The van der Waals surface area contributed by atoms with Gasteiger partial charge in [0.25, 0.3) is 0 Å². The van der Waals surface area contributed by atoms with E-state index < -0.39 is 5.97 Å². The Morgan fingerprint density at radius 1 is 1.15 bits per heavy atom. The fraction of sp³-hybridized carbons (Fsp3) is 0.381. The van der Waals surface area contributed by atoms with Crippen molar-refractivity contribution >= 4 is 5.97 Å². The Balaban J connectivity index is 1.76. The molecule has 0 aliphatic carbocycles. The predicted octanol–water partition coefficient (Wildman–Crippen LogP) is 3.14. The molecule has 2 unspecified atom stereocenters. The highest BCUT2D eigenvalue weighted by Crippen LogP contribution is 2.34. The molecule has 5 nitrogen and oxygen atoms in total. The summed E-state index contributed by atoms with van der Waals surface area (Å²) in [6, 6.07) is 16.0. The number of carboxylic acids is 1. The van der Waals surface area contributed by atoms with Crippen LogP contribution in [0.3, 0.4) is 0 Å². The molecule has 0 amide bonds. The van der Waals surface area contributed by atoms with Crippen LogP contribution in [-0.4, -0.2) is 43.3 Å². The minimum atomic E-state index is -0.726. The Labute approximate surface area is 154 Å². The van der Waals surface area contributed by atoms with E-state index >= 15 is 0 Å². The van der Waals surface area contributed by atoms with Crippen molar-refractivity contribution in [1.29, 1.82) is 0 Å². The van der Waals surface area contributed by atoms with Gasteiger partial charge in [-0.2, -0.15) is 0 Å². The molecule has 138 valence electrons. The predicted molar refractivity (Wildman–Crippen MR) is 99.3 cm³/mol. The third-order valence-electron chi connectivity index (χ3n) is 4.99. The van der Waals surface area contributed by atoms with E-state index in [-0.39, 0.29) is 11.8 Å². The summed E-state index contributed by atoms with van der Waals surface area (Å²) in [6.45, 7) is 2.50. The minimum Gasteiger partial charge on any atom is -0.496 e. The van der Waals surface area contributed by atoms with Gasteiger partial charge in [0.15, 0.2) is 0 Å². The van der Waals surface area contributed by atoms with Gasteiger partial charge < -0.3 is 14.6 Å². The third-order valence-corrected chi connectivity index (χ3v) is 4.99. The topological polar surface area (TPSA) is 59.0 Å². The molecule has 1 fully saturated rings. The highest BCUT2D eigenvalue weighted by atomic mass is 16.5. The summed E-state index contributed by atoms with van der Waals surface area (Å²) in [5.41, 5.74) is 3.23. The van der Waals surface area contributed by atoms with Crippen LogP contribution < -0.4 is 4.74 Å². The minimum absolute atomic E-state index is 0.0189. The lowest BCUT2D eigenvalue weighted by Crippen LogP contribution is -2.23. The quantitative estimate of drug-likeness (QED) is 0.827. The molecule has 5 heteroatoms. The molecule has 2 aromatic carbocycles. The highest BCUT2D eigenvalue weighted by Gasteiger charge is 2.38. The van der Waals surface area contributed by atoms with E-state index in [1.54, 1.807) is 14.2 Å². The summed E-state index contributed by atoms with van der Waals surface area (Å²) in [4.78, 5) is 14.0. The Morgan fingerprint density at radius 2 is 1.92 bits per heavy atom. The van der Waals surface area contributed by atoms with Gasteiger partial charge in [-0.3, -0.25) is 9.69 Å². The number of likely N-dealkylation sites (tertiary alicyclic amines) is 1. The number of carboxylic acid groups (broad SMARTS) is 1. The van der Waals surface area contributed by atoms with Gasteiger partial charge in [0.1, 0.15) is 5.75 Å². The van der Waals surface area contributed by atoms with Gasteiger partial charge in [-0.25, -0.2) is 0 Å². The van der Waals surface area contributed by atoms with Crippen LogP contribution in [0.25, 0.3) is 0 Å². The number of ether oxygens (including phenoxy) is 2. The van der Waals surface area contributed by atoms with Crippen molar-refractivity contribution in [2.24, 2.45) is 5.92 Å². The average molecular weight is 355 g/mol. The van der Waals surface area contributed by atoms with E-state index in [1.807, 2.05) is 42.5 Å². The molecule has 0 spiro atoms. The van der Waals surface area contributed by atoms with Crippen molar-refractivity contribution in [3.8, 4) is 5.75 Å². The van der Waals surface area contributed by atoms with Crippen LogP contribution >= 0.6 is 0 Å². The molecule has 0 bridgehead atoms. The number of methoxy groups -OCH3 is 2. The lowest BCUT2D eigenvalue weighted by molar-refractivity contribution is -0.141. The van der Waals surface area contributed by atoms with Gasteiger partial charge in [-0.15, -0.1) is 0 Å². The second-order valence-electron chi connectivity index (χ2n) is 6.74. The number of benzene rings is 2. The van der Waals surface area contributed by atoms with Gasteiger partial charge in [0.2, 0.25) is 0 Å². The van der Waals surface area contributed by atoms with Crippen molar-refractivity contribution in [3.05, 3.63) is 65.2 Å². The standard InChI is InChI=1S/C21H25NO4/c1-25-14-17-10-15(8-9-20(17)26-2)11-22-12-18(19(13-22)21(23)24)16-6-4-3-5-7-16/h3-10,18-19H,11-14H2,1-2H3,(H,23,24). The zero-order valence-corrected chi connectivity index (χ0v) is 15.2. The fourth-order valence-electron chi connectivity index (χ4n) is 3.76. The molecule has 1 N–H and O–H groups in total. The molecule has 0 aromatic heterocycles. The first-order valence-electron chi connectivity index (χ1n) is 8.77.